The van der Waals surface area contributed by atoms with Crippen molar-refractivity contribution >= 4 is 33.2 Å². The van der Waals surface area contributed by atoms with Gasteiger partial charge in [0, 0.05) is 30.9 Å². The van der Waals surface area contributed by atoms with Crippen LogP contribution in [0.5, 0.6) is 0 Å². The van der Waals surface area contributed by atoms with E-state index in [2.05, 4.69) is 5.32 Å². The number of hydrogen-bond acceptors (Lipinski definition) is 4. The van der Waals surface area contributed by atoms with Crippen LogP contribution in [0.1, 0.15) is 42.4 Å². The summed E-state index contributed by atoms with van der Waals surface area (Å²) in [6, 6.07) is 10.1. The molecule has 8 heteroatoms. The summed E-state index contributed by atoms with van der Waals surface area (Å²) in [5.41, 5.74) is 3.79. The second-order valence-electron chi connectivity index (χ2n) is 8.69. The summed E-state index contributed by atoms with van der Waals surface area (Å²) < 4.78 is 28.3. The van der Waals surface area contributed by atoms with E-state index < -0.39 is 16.1 Å². The fourth-order valence-corrected chi connectivity index (χ4v) is 6.92. The zero-order valence-corrected chi connectivity index (χ0v) is 19.5. The number of nitrogens with zero attached hydrogens (tertiary/aromatic N) is 2. The average molecular weight is 456 g/mol. The van der Waals surface area contributed by atoms with E-state index >= 15 is 0 Å². The molecule has 2 aliphatic rings. The molecule has 32 heavy (non-hydrogen) atoms. The van der Waals surface area contributed by atoms with Gasteiger partial charge in [-0.2, -0.15) is 4.31 Å². The zero-order valence-electron chi connectivity index (χ0n) is 18.7. The van der Waals surface area contributed by atoms with Crippen LogP contribution in [0.25, 0.3) is 0 Å². The molecule has 0 unspecified atom stereocenters. The third-order valence-corrected chi connectivity index (χ3v) is 8.41. The fourth-order valence-electron chi connectivity index (χ4n) is 4.85. The number of sulfonamides is 1. The first-order valence-electron chi connectivity index (χ1n) is 11.0. The molecule has 4 rings (SSSR count). The number of anilines is 2. The smallest absolute Gasteiger partial charge is 0.244 e. The van der Waals surface area contributed by atoms with Crippen LogP contribution in [0.15, 0.2) is 41.3 Å². The van der Waals surface area contributed by atoms with Gasteiger partial charge in [-0.1, -0.05) is 17.7 Å². The zero-order chi connectivity index (χ0) is 23.0. The second kappa shape index (κ2) is 8.67. The number of nitrogens with one attached hydrogen (secondary N) is 1. The summed E-state index contributed by atoms with van der Waals surface area (Å²) in [5, 5.41) is 2.86. The highest BCUT2D eigenvalue weighted by atomic mass is 32.2. The molecule has 2 aromatic carbocycles. The maximum atomic E-state index is 13.5. The Morgan fingerprint density at radius 1 is 1.00 bits per heavy atom. The molecule has 170 valence electrons. The molecule has 0 aliphatic carbocycles. The van der Waals surface area contributed by atoms with Crippen molar-refractivity contribution in [2.24, 2.45) is 0 Å². The van der Waals surface area contributed by atoms with Crippen LogP contribution in [-0.4, -0.2) is 43.7 Å². The third-order valence-electron chi connectivity index (χ3n) is 6.20. The molecular weight excluding hydrogens is 426 g/mol. The number of hydrogen-bond donors (Lipinski definition) is 1. The number of benzene rings is 2. The van der Waals surface area contributed by atoms with Gasteiger partial charge >= 0.3 is 0 Å². The molecule has 0 radical (unpaired) electrons. The normalized spacial score (nSPS) is 19.5. The van der Waals surface area contributed by atoms with Crippen molar-refractivity contribution in [1.82, 2.24) is 4.31 Å². The lowest BCUT2D eigenvalue weighted by Crippen LogP contribution is -2.43. The molecule has 0 spiro atoms. The maximum absolute atomic E-state index is 13.5. The lowest BCUT2D eigenvalue weighted by molar-refractivity contribution is -0.119. The first-order chi connectivity index (χ1) is 15.2. The van der Waals surface area contributed by atoms with E-state index in [0.29, 0.717) is 54.1 Å². The highest BCUT2D eigenvalue weighted by molar-refractivity contribution is 7.89. The van der Waals surface area contributed by atoms with Crippen molar-refractivity contribution in [1.29, 1.82) is 0 Å². The molecule has 2 fully saturated rings. The van der Waals surface area contributed by atoms with Crippen LogP contribution >= 0.6 is 0 Å². The maximum Gasteiger partial charge on any atom is 0.244 e. The van der Waals surface area contributed by atoms with Crippen molar-refractivity contribution in [2.75, 3.05) is 23.3 Å². The highest BCUT2D eigenvalue weighted by Crippen LogP contribution is 2.31. The van der Waals surface area contributed by atoms with E-state index in [1.807, 2.05) is 19.1 Å². The first kappa shape index (κ1) is 22.5. The van der Waals surface area contributed by atoms with E-state index in [4.69, 9.17) is 0 Å². The SMILES string of the molecule is Cc1cc(C)c(S(=O)(=O)N2CCC[C@H]2C(=O)Nc2ccc(N3CCCC3=O)cc2)c(C)c1. The molecule has 2 aromatic rings. The lowest BCUT2D eigenvalue weighted by atomic mass is 10.1. The van der Waals surface area contributed by atoms with Crippen molar-refractivity contribution in [2.45, 2.75) is 57.4 Å². The van der Waals surface area contributed by atoms with E-state index in [1.165, 1.54) is 4.31 Å². The molecule has 2 saturated heterocycles. The van der Waals surface area contributed by atoms with Gasteiger partial charge in [0.15, 0.2) is 0 Å². The molecule has 2 aliphatic heterocycles. The molecular formula is C24H29N3O4S. The van der Waals surface area contributed by atoms with Gasteiger partial charge in [-0.15, -0.1) is 0 Å². The fraction of sp³-hybridized carbons (Fsp3) is 0.417. The minimum atomic E-state index is -3.80. The summed E-state index contributed by atoms with van der Waals surface area (Å²) in [6.07, 6.45) is 2.53. The number of amides is 2. The standard InChI is InChI=1S/C24H29N3O4S/c1-16-14-17(2)23(18(3)15-16)32(30,31)27-13-4-6-21(27)24(29)25-19-8-10-20(11-9-19)26-12-5-7-22(26)28/h8-11,14-15,21H,4-7,12-13H2,1-3H3,(H,25,29)/t21-/m0/s1. The van der Waals surface area contributed by atoms with Crippen molar-refractivity contribution in [3.63, 3.8) is 0 Å². The monoisotopic (exact) mass is 455 g/mol. The van der Waals surface area contributed by atoms with E-state index in [1.54, 1.807) is 43.0 Å². The number of aryl methyl sites for hydroxylation is 3. The Morgan fingerprint density at radius 2 is 1.66 bits per heavy atom. The first-order valence-corrected chi connectivity index (χ1v) is 12.4. The van der Waals surface area contributed by atoms with Gasteiger partial charge in [0.05, 0.1) is 4.90 Å². The molecule has 1 N–H and O–H groups in total. The molecule has 2 amide bonds. The Labute approximate surface area is 189 Å². The summed E-state index contributed by atoms with van der Waals surface area (Å²) in [5.74, 6) is -0.228. The van der Waals surface area contributed by atoms with Crippen LogP contribution in [-0.2, 0) is 19.6 Å². The summed E-state index contributed by atoms with van der Waals surface area (Å²) in [6.45, 7) is 6.56. The minimum Gasteiger partial charge on any atom is -0.325 e. The third kappa shape index (κ3) is 4.17. The Balaban J connectivity index is 1.52. The van der Waals surface area contributed by atoms with E-state index in [-0.39, 0.29) is 11.8 Å². The predicted octanol–water partition coefficient (Wildman–Crippen LogP) is 3.53. The molecule has 0 aromatic heterocycles. The van der Waals surface area contributed by atoms with Crippen molar-refractivity contribution in [3.05, 3.63) is 53.1 Å². The number of carbonyl (C=O) groups is 2. The molecule has 0 saturated carbocycles. The average Bonchev–Trinajstić information content (AvgIpc) is 3.37. The van der Waals surface area contributed by atoms with Gasteiger partial charge in [0.1, 0.15) is 6.04 Å². The van der Waals surface area contributed by atoms with Crippen molar-refractivity contribution < 1.29 is 18.0 Å². The highest BCUT2D eigenvalue weighted by Gasteiger charge is 2.40. The quantitative estimate of drug-likeness (QED) is 0.747. The van der Waals surface area contributed by atoms with Crippen molar-refractivity contribution in [3.8, 4) is 0 Å². The molecule has 0 bridgehead atoms. The Kier molecular flexibility index (Phi) is 6.09. The predicted molar refractivity (Wildman–Crippen MR) is 124 cm³/mol. The van der Waals surface area contributed by atoms with Gasteiger partial charge in [0.2, 0.25) is 21.8 Å². The van der Waals surface area contributed by atoms with E-state index in [0.717, 1.165) is 17.7 Å². The summed E-state index contributed by atoms with van der Waals surface area (Å²) >= 11 is 0. The summed E-state index contributed by atoms with van der Waals surface area (Å²) in [7, 11) is -3.80. The number of rotatable bonds is 5. The molecule has 2 heterocycles. The van der Waals surface area contributed by atoms with Gasteiger partial charge in [-0.3, -0.25) is 9.59 Å². The Morgan fingerprint density at radius 3 is 2.25 bits per heavy atom. The summed E-state index contributed by atoms with van der Waals surface area (Å²) in [4.78, 5) is 27.0. The van der Waals surface area contributed by atoms with Crippen LogP contribution in [0.3, 0.4) is 0 Å². The lowest BCUT2D eigenvalue weighted by Gasteiger charge is -2.25. The second-order valence-corrected chi connectivity index (χ2v) is 10.5. The van der Waals surface area contributed by atoms with Crippen LogP contribution in [0, 0.1) is 20.8 Å². The minimum absolute atomic E-state index is 0.107. The van der Waals surface area contributed by atoms with Gasteiger partial charge in [-0.25, -0.2) is 8.42 Å². The topological polar surface area (TPSA) is 86.8 Å². The van der Waals surface area contributed by atoms with E-state index in [9.17, 15) is 18.0 Å². The number of carbonyl (C=O) groups excluding carboxylic acids is 2. The van der Waals surface area contributed by atoms with Crippen LogP contribution < -0.4 is 10.2 Å². The molecule has 1 atom stereocenters. The van der Waals surface area contributed by atoms with Gasteiger partial charge < -0.3 is 10.2 Å². The largest absolute Gasteiger partial charge is 0.325 e. The van der Waals surface area contributed by atoms with Gasteiger partial charge in [-0.05, 0) is 75.4 Å². The molecule has 7 nitrogen and oxygen atoms in total. The Bertz CT molecular complexity index is 1140. The van der Waals surface area contributed by atoms with Gasteiger partial charge in [0.25, 0.3) is 0 Å². The van der Waals surface area contributed by atoms with Crippen LogP contribution in [0.2, 0.25) is 0 Å². The Hall–Kier alpha value is -2.71. The van der Waals surface area contributed by atoms with Crippen LogP contribution in [0.4, 0.5) is 11.4 Å².